The maximum absolute atomic E-state index is 9.86. The van der Waals surface area contributed by atoms with E-state index in [1.165, 1.54) is 0 Å². The van der Waals surface area contributed by atoms with Crippen LogP contribution in [-0.4, -0.2) is 28.7 Å². The fourth-order valence-electron chi connectivity index (χ4n) is 0.163. The molecule has 11 heteroatoms. The molecule has 0 amide bonds. The Hall–Kier alpha value is -1.95. The standard InChI is InChI=1S/C3H2O7.4H3N/c4-1(5)9-3(8)10-2(6)7;;;;/h(H,4,5)(H,6,7);4*1H3. The second kappa shape index (κ2) is 13.6. The Bertz CT molecular complexity index is 164. The molecule has 0 bridgehead atoms. The van der Waals surface area contributed by atoms with E-state index >= 15 is 0 Å². The van der Waals surface area contributed by atoms with E-state index in [2.05, 4.69) is 9.47 Å². The van der Waals surface area contributed by atoms with Gasteiger partial charge in [0, 0.05) is 0 Å². The summed E-state index contributed by atoms with van der Waals surface area (Å²) in [6.07, 6.45) is -5.64. The first-order valence-electron chi connectivity index (χ1n) is 1.88. The number of ether oxygens (including phenoxy) is 2. The summed E-state index contributed by atoms with van der Waals surface area (Å²) in [5.74, 6) is 0. The van der Waals surface area contributed by atoms with Gasteiger partial charge in [-0.1, -0.05) is 0 Å². The van der Waals surface area contributed by atoms with Gasteiger partial charge in [0.15, 0.2) is 0 Å². The quantitative estimate of drug-likeness (QED) is 0.248. The van der Waals surface area contributed by atoms with Crippen LogP contribution < -0.4 is 24.6 Å². The molecule has 0 aromatic rings. The molecule has 0 aliphatic carbocycles. The highest BCUT2D eigenvalue weighted by atomic mass is 16.8. The number of carbonyl (C=O) groups excluding carboxylic acids is 1. The van der Waals surface area contributed by atoms with Crippen molar-refractivity contribution in [2.45, 2.75) is 0 Å². The molecule has 88 valence electrons. The Balaban J connectivity index is -0.0000000675. The zero-order valence-electron chi connectivity index (χ0n) is 7.26. The summed E-state index contributed by atoms with van der Waals surface area (Å²) in [4.78, 5) is 28.8. The molecule has 0 rings (SSSR count). The molecule has 0 heterocycles. The molecule has 0 saturated carbocycles. The van der Waals surface area contributed by atoms with Crippen molar-refractivity contribution < 1.29 is 34.1 Å². The molecule has 0 unspecified atom stereocenters. The SMILES string of the molecule is N.N.N.N.O=C(O)OC(=O)OC(=O)O. The molecule has 0 fully saturated rings. The third-order valence-electron chi connectivity index (χ3n) is 0.341. The van der Waals surface area contributed by atoms with Crippen molar-refractivity contribution in [3.63, 3.8) is 0 Å². The third kappa shape index (κ3) is 22.5. The highest BCUT2D eigenvalue weighted by Crippen LogP contribution is 1.85. The number of rotatable bonds is 0. The van der Waals surface area contributed by atoms with Crippen LogP contribution in [0.2, 0.25) is 0 Å². The van der Waals surface area contributed by atoms with Crippen LogP contribution in [0.1, 0.15) is 0 Å². The van der Waals surface area contributed by atoms with Gasteiger partial charge in [-0.15, -0.1) is 0 Å². The van der Waals surface area contributed by atoms with E-state index < -0.39 is 18.5 Å². The number of hydrogen-bond donors (Lipinski definition) is 6. The van der Waals surface area contributed by atoms with Crippen molar-refractivity contribution in [1.29, 1.82) is 0 Å². The van der Waals surface area contributed by atoms with Crippen molar-refractivity contribution in [1.82, 2.24) is 24.6 Å². The van der Waals surface area contributed by atoms with E-state index in [0.29, 0.717) is 0 Å². The monoisotopic (exact) mass is 218 g/mol. The van der Waals surface area contributed by atoms with E-state index in [0.717, 1.165) is 0 Å². The first-order chi connectivity index (χ1) is 4.52. The Morgan fingerprint density at radius 3 is 1.07 bits per heavy atom. The molecule has 0 spiro atoms. The van der Waals surface area contributed by atoms with Crippen molar-refractivity contribution in [2.24, 2.45) is 0 Å². The molecular weight excluding hydrogens is 204 g/mol. The molecule has 0 aliphatic rings. The van der Waals surface area contributed by atoms with Gasteiger partial charge in [0.1, 0.15) is 0 Å². The zero-order valence-corrected chi connectivity index (χ0v) is 7.26. The highest BCUT2D eigenvalue weighted by molar-refractivity contribution is 5.82. The van der Waals surface area contributed by atoms with Gasteiger partial charge in [-0.3, -0.25) is 0 Å². The van der Waals surface area contributed by atoms with Crippen LogP contribution in [0.5, 0.6) is 0 Å². The van der Waals surface area contributed by atoms with Crippen LogP contribution in [0.4, 0.5) is 14.4 Å². The van der Waals surface area contributed by atoms with Crippen LogP contribution in [0.15, 0.2) is 0 Å². The molecule has 0 aliphatic heterocycles. The van der Waals surface area contributed by atoms with Gasteiger partial charge in [0.25, 0.3) is 0 Å². The molecule has 14 heavy (non-hydrogen) atoms. The summed E-state index contributed by atoms with van der Waals surface area (Å²) >= 11 is 0. The van der Waals surface area contributed by atoms with Crippen LogP contribution >= 0.6 is 0 Å². The minimum Gasteiger partial charge on any atom is -0.449 e. The Morgan fingerprint density at radius 2 is 0.929 bits per heavy atom. The number of hydrogen-bond acceptors (Lipinski definition) is 9. The topological polar surface area (TPSA) is 250 Å². The maximum Gasteiger partial charge on any atom is 0.528 e. The summed E-state index contributed by atoms with van der Waals surface area (Å²) < 4.78 is 6.47. The lowest BCUT2D eigenvalue weighted by Crippen LogP contribution is -2.14. The number of carboxylic acid groups (broad SMARTS) is 2. The highest BCUT2D eigenvalue weighted by Gasteiger charge is 2.13. The molecular formula is C3H14N4O7. The summed E-state index contributed by atoms with van der Waals surface area (Å²) in [5.41, 5.74) is 0. The Kier molecular flexibility index (Phi) is 28.8. The largest absolute Gasteiger partial charge is 0.528 e. The third-order valence-corrected chi connectivity index (χ3v) is 0.341. The normalized spacial score (nSPS) is 5.71. The van der Waals surface area contributed by atoms with E-state index in [9.17, 15) is 14.4 Å². The smallest absolute Gasteiger partial charge is 0.449 e. The second-order valence-electron chi connectivity index (χ2n) is 0.986. The van der Waals surface area contributed by atoms with Gasteiger partial charge in [0.05, 0.1) is 0 Å². The summed E-state index contributed by atoms with van der Waals surface area (Å²) in [6.45, 7) is 0. The van der Waals surface area contributed by atoms with Crippen molar-refractivity contribution in [2.75, 3.05) is 0 Å². The van der Waals surface area contributed by atoms with Crippen LogP contribution in [-0.2, 0) is 9.47 Å². The second-order valence-corrected chi connectivity index (χ2v) is 0.986. The average molecular weight is 218 g/mol. The predicted molar refractivity (Wildman–Crippen MR) is 43.7 cm³/mol. The summed E-state index contributed by atoms with van der Waals surface area (Å²) in [5, 5.41) is 15.4. The summed E-state index contributed by atoms with van der Waals surface area (Å²) in [7, 11) is 0. The fourth-order valence-corrected chi connectivity index (χ4v) is 0.163. The van der Waals surface area contributed by atoms with E-state index in [-0.39, 0.29) is 24.6 Å². The van der Waals surface area contributed by atoms with Gasteiger partial charge >= 0.3 is 18.5 Å². The van der Waals surface area contributed by atoms with Gasteiger partial charge in [-0.25, -0.2) is 14.4 Å². The molecule has 0 aromatic carbocycles. The minimum absolute atomic E-state index is 0. The fraction of sp³-hybridized carbons (Fsp3) is 0. The predicted octanol–water partition coefficient (Wildman–Crippen LogP) is 1.14. The lowest BCUT2D eigenvalue weighted by atomic mass is 11.2. The van der Waals surface area contributed by atoms with E-state index in [1.54, 1.807) is 0 Å². The molecule has 0 radical (unpaired) electrons. The zero-order chi connectivity index (χ0) is 8.15. The van der Waals surface area contributed by atoms with Crippen LogP contribution in [0.25, 0.3) is 0 Å². The van der Waals surface area contributed by atoms with Gasteiger partial charge in [0.2, 0.25) is 0 Å². The van der Waals surface area contributed by atoms with Crippen LogP contribution in [0.3, 0.4) is 0 Å². The molecule has 0 atom stereocenters. The van der Waals surface area contributed by atoms with Gasteiger partial charge in [-0.2, -0.15) is 0 Å². The molecule has 14 N–H and O–H groups in total. The van der Waals surface area contributed by atoms with Crippen LogP contribution in [0, 0.1) is 0 Å². The van der Waals surface area contributed by atoms with Crippen molar-refractivity contribution in [3.8, 4) is 0 Å². The first-order valence-corrected chi connectivity index (χ1v) is 1.88. The average Bonchev–Trinajstić information content (AvgIpc) is 1.58. The van der Waals surface area contributed by atoms with Gasteiger partial charge in [-0.05, 0) is 0 Å². The van der Waals surface area contributed by atoms with E-state index in [1.807, 2.05) is 0 Å². The maximum atomic E-state index is 9.86. The Morgan fingerprint density at radius 1 is 0.714 bits per heavy atom. The summed E-state index contributed by atoms with van der Waals surface area (Å²) in [6, 6.07) is 0. The number of carbonyl (C=O) groups is 3. The van der Waals surface area contributed by atoms with Gasteiger partial charge < -0.3 is 44.3 Å². The Labute approximate surface area is 78.3 Å². The van der Waals surface area contributed by atoms with Crippen molar-refractivity contribution >= 4 is 18.5 Å². The van der Waals surface area contributed by atoms with Crippen molar-refractivity contribution in [3.05, 3.63) is 0 Å². The molecule has 0 aromatic heterocycles. The molecule has 11 nitrogen and oxygen atoms in total. The first kappa shape index (κ1) is 29.6. The lowest BCUT2D eigenvalue weighted by Gasteiger charge is -1.93. The van der Waals surface area contributed by atoms with E-state index in [4.69, 9.17) is 10.2 Å². The molecule has 0 saturated heterocycles. The minimum atomic E-state index is -1.92. The lowest BCUT2D eigenvalue weighted by molar-refractivity contribution is 0.0548.